The third-order valence-electron chi connectivity index (χ3n) is 4.03. The van der Waals surface area contributed by atoms with Crippen molar-refractivity contribution in [2.24, 2.45) is 0 Å². The molecule has 2 aromatic heterocycles. The summed E-state index contributed by atoms with van der Waals surface area (Å²) in [6, 6.07) is 8.33. The first-order valence-corrected chi connectivity index (χ1v) is 7.75. The van der Waals surface area contributed by atoms with Crippen molar-refractivity contribution < 1.29 is 18.0 Å². The van der Waals surface area contributed by atoms with Crippen LogP contribution in [0, 0.1) is 0 Å². The fourth-order valence-corrected chi connectivity index (χ4v) is 2.55. The first-order chi connectivity index (χ1) is 11.9. The highest BCUT2D eigenvalue weighted by molar-refractivity contribution is 5.94. The van der Waals surface area contributed by atoms with Gasteiger partial charge in [0, 0.05) is 17.8 Å². The smallest absolute Gasteiger partial charge is 0.349 e. The molecule has 0 bridgehead atoms. The summed E-state index contributed by atoms with van der Waals surface area (Å²) in [4.78, 5) is 12.2. The minimum absolute atomic E-state index is 0.215. The van der Waals surface area contributed by atoms with E-state index in [1.54, 1.807) is 18.3 Å². The molecule has 128 valence electrons. The number of nitrogens with zero attached hydrogens (tertiary/aromatic N) is 3. The number of alkyl halides is 3. The third kappa shape index (κ3) is 3.07. The number of rotatable bonds is 3. The van der Waals surface area contributed by atoms with Crippen LogP contribution in [0.1, 0.15) is 28.8 Å². The normalized spacial score (nSPS) is 14.7. The zero-order chi connectivity index (χ0) is 17.6. The highest BCUT2D eigenvalue weighted by Crippen LogP contribution is 2.31. The topological polar surface area (TPSA) is 59.3 Å². The summed E-state index contributed by atoms with van der Waals surface area (Å²) in [5.41, 5.74) is 0.384. The number of hydrogen-bond acceptors (Lipinski definition) is 3. The lowest BCUT2D eigenvalue weighted by molar-refractivity contribution is -0.137. The number of nitrogens with one attached hydrogen (secondary N) is 1. The van der Waals surface area contributed by atoms with Gasteiger partial charge in [-0.25, -0.2) is 0 Å². The van der Waals surface area contributed by atoms with Gasteiger partial charge in [0.2, 0.25) is 0 Å². The van der Waals surface area contributed by atoms with Crippen LogP contribution in [0.2, 0.25) is 0 Å². The quantitative estimate of drug-likeness (QED) is 0.792. The van der Waals surface area contributed by atoms with E-state index in [0.717, 1.165) is 25.0 Å². The number of pyridine rings is 1. The van der Waals surface area contributed by atoms with Gasteiger partial charge in [-0.05, 0) is 37.1 Å². The van der Waals surface area contributed by atoms with Crippen molar-refractivity contribution in [2.45, 2.75) is 25.1 Å². The molecule has 25 heavy (non-hydrogen) atoms. The molecule has 4 rings (SSSR count). The Bertz CT molecular complexity index is 960. The van der Waals surface area contributed by atoms with Gasteiger partial charge in [-0.1, -0.05) is 12.1 Å². The number of halogens is 3. The minimum atomic E-state index is -4.44. The maximum Gasteiger partial charge on any atom is 0.416 e. The Morgan fingerprint density at radius 3 is 2.68 bits per heavy atom. The summed E-state index contributed by atoms with van der Waals surface area (Å²) in [5, 5.41) is 10.8. The predicted octanol–water partition coefficient (Wildman–Crippen LogP) is 3.31. The molecular formula is C17H13F3N4O. The molecule has 3 aromatic rings. The van der Waals surface area contributed by atoms with Crippen LogP contribution in [0.5, 0.6) is 0 Å². The molecule has 0 aliphatic heterocycles. The van der Waals surface area contributed by atoms with E-state index in [4.69, 9.17) is 0 Å². The summed E-state index contributed by atoms with van der Waals surface area (Å²) in [6.45, 7) is 0. The minimum Gasteiger partial charge on any atom is -0.349 e. The molecule has 1 aliphatic carbocycles. The first kappa shape index (κ1) is 15.6. The van der Waals surface area contributed by atoms with Crippen LogP contribution in [0.15, 0.2) is 42.6 Å². The van der Waals surface area contributed by atoms with Gasteiger partial charge in [0.1, 0.15) is 0 Å². The molecule has 0 saturated heterocycles. The largest absolute Gasteiger partial charge is 0.416 e. The molecule has 5 nitrogen and oxygen atoms in total. The summed E-state index contributed by atoms with van der Waals surface area (Å²) in [5.74, 6) is 0.0373. The van der Waals surface area contributed by atoms with Crippen LogP contribution in [0.4, 0.5) is 13.2 Å². The SMILES string of the molecule is O=C(NC1CC1)c1ccc2nnc(-c3cccc(C(F)(F)F)c3)n2c1. The second kappa shape index (κ2) is 5.58. The van der Waals surface area contributed by atoms with Crippen molar-refractivity contribution in [3.63, 3.8) is 0 Å². The van der Waals surface area contributed by atoms with E-state index < -0.39 is 11.7 Å². The molecule has 1 saturated carbocycles. The van der Waals surface area contributed by atoms with E-state index in [1.165, 1.54) is 16.5 Å². The van der Waals surface area contributed by atoms with Gasteiger partial charge in [-0.3, -0.25) is 9.20 Å². The van der Waals surface area contributed by atoms with E-state index in [1.807, 2.05) is 0 Å². The number of hydrogen-bond donors (Lipinski definition) is 1. The maximum atomic E-state index is 12.9. The Morgan fingerprint density at radius 1 is 1.16 bits per heavy atom. The van der Waals surface area contributed by atoms with Gasteiger partial charge in [0.25, 0.3) is 5.91 Å². The molecule has 0 radical (unpaired) electrons. The number of benzene rings is 1. The van der Waals surface area contributed by atoms with Crippen molar-refractivity contribution in [2.75, 3.05) is 0 Å². The second-order valence-electron chi connectivity index (χ2n) is 6.00. The monoisotopic (exact) mass is 346 g/mol. The number of fused-ring (bicyclic) bond motifs is 1. The van der Waals surface area contributed by atoms with Crippen LogP contribution in [0.25, 0.3) is 17.0 Å². The van der Waals surface area contributed by atoms with E-state index in [0.29, 0.717) is 11.2 Å². The first-order valence-electron chi connectivity index (χ1n) is 7.75. The Kier molecular flexibility index (Phi) is 3.48. The van der Waals surface area contributed by atoms with Crippen LogP contribution in [-0.2, 0) is 6.18 Å². The van der Waals surface area contributed by atoms with Crippen LogP contribution in [-0.4, -0.2) is 26.5 Å². The predicted molar refractivity (Wildman–Crippen MR) is 83.9 cm³/mol. The van der Waals surface area contributed by atoms with Crippen molar-refractivity contribution in [3.8, 4) is 11.4 Å². The second-order valence-corrected chi connectivity index (χ2v) is 6.00. The Balaban J connectivity index is 1.76. The fraction of sp³-hybridized carbons (Fsp3) is 0.235. The lowest BCUT2D eigenvalue weighted by Crippen LogP contribution is -2.25. The number of carbonyl (C=O) groups is 1. The average Bonchev–Trinajstić information content (AvgIpc) is 3.29. The molecule has 2 heterocycles. The van der Waals surface area contributed by atoms with E-state index in [2.05, 4.69) is 15.5 Å². The Morgan fingerprint density at radius 2 is 1.96 bits per heavy atom. The van der Waals surface area contributed by atoms with Gasteiger partial charge in [-0.2, -0.15) is 13.2 Å². The van der Waals surface area contributed by atoms with E-state index in [9.17, 15) is 18.0 Å². The van der Waals surface area contributed by atoms with Crippen LogP contribution >= 0.6 is 0 Å². The van der Waals surface area contributed by atoms with Crippen molar-refractivity contribution in [3.05, 3.63) is 53.7 Å². The molecule has 0 spiro atoms. The molecule has 1 aliphatic rings. The summed E-state index contributed by atoms with van der Waals surface area (Å²) in [7, 11) is 0. The number of carbonyl (C=O) groups excluding carboxylic acids is 1. The number of aromatic nitrogens is 3. The van der Waals surface area contributed by atoms with Crippen molar-refractivity contribution >= 4 is 11.6 Å². The highest BCUT2D eigenvalue weighted by Gasteiger charge is 2.31. The lowest BCUT2D eigenvalue weighted by Gasteiger charge is -2.08. The molecule has 0 unspecified atom stereocenters. The zero-order valence-electron chi connectivity index (χ0n) is 12.9. The van der Waals surface area contributed by atoms with Gasteiger partial charge in [-0.15, -0.1) is 10.2 Å². The van der Waals surface area contributed by atoms with Crippen molar-refractivity contribution in [1.82, 2.24) is 19.9 Å². The van der Waals surface area contributed by atoms with Crippen LogP contribution < -0.4 is 5.32 Å². The van der Waals surface area contributed by atoms with Gasteiger partial charge < -0.3 is 5.32 Å². The summed E-state index contributed by atoms with van der Waals surface area (Å²) >= 11 is 0. The summed E-state index contributed by atoms with van der Waals surface area (Å²) < 4.78 is 40.3. The lowest BCUT2D eigenvalue weighted by atomic mass is 10.1. The van der Waals surface area contributed by atoms with Crippen molar-refractivity contribution in [1.29, 1.82) is 0 Å². The van der Waals surface area contributed by atoms with Gasteiger partial charge in [0.15, 0.2) is 11.5 Å². The van der Waals surface area contributed by atoms with Crippen LogP contribution in [0.3, 0.4) is 0 Å². The molecule has 1 N–H and O–H groups in total. The van der Waals surface area contributed by atoms with E-state index in [-0.39, 0.29) is 23.3 Å². The van der Waals surface area contributed by atoms with Gasteiger partial charge in [0.05, 0.1) is 11.1 Å². The standard InChI is InChI=1S/C17H13F3N4O/c18-17(19,20)12-3-1-2-10(8-12)15-23-22-14-7-4-11(9-24(14)15)16(25)21-13-5-6-13/h1-4,7-9,13H,5-6H2,(H,21,25). The summed E-state index contributed by atoms with van der Waals surface area (Å²) in [6.07, 6.45) is -0.958. The molecule has 1 fully saturated rings. The zero-order valence-corrected chi connectivity index (χ0v) is 12.9. The molecule has 0 atom stereocenters. The molecule has 1 amide bonds. The Labute approximate surface area is 140 Å². The maximum absolute atomic E-state index is 12.9. The number of amides is 1. The molecule has 1 aromatic carbocycles. The third-order valence-corrected chi connectivity index (χ3v) is 4.03. The van der Waals surface area contributed by atoms with E-state index >= 15 is 0 Å². The fourth-order valence-electron chi connectivity index (χ4n) is 2.55. The average molecular weight is 346 g/mol. The molecule has 8 heteroatoms. The highest BCUT2D eigenvalue weighted by atomic mass is 19.4. The van der Waals surface area contributed by atoms with Gasteiger partial charge >= 0.3 is 6.18 Å². The Hall–Kier alpha value is -2.90. The molecular weight excluding hydrogens is 333 g/mol.